The molecule has 0 aromatic heterocycles. The summed E-state index contributed by atoms with van der Waals surface area (Å²) in [4.78, 5) is 73.0. The number of rotatable bonds is 75. The van der Waals surface area contributed by atoms with Crippen LogP contribution in [0.25, 0.3) is 0 Å². The van der Waals surface area contributed by atoms with Crippen molar-refractivity contribution in [1.82, 2.24) is 0 Å². The predicted molar refractivity (Wildman–Crippen MR) is 436 cm³/mol. The monoisotopic (exact) mass is 1520 g/mol. The fourth-order valence-corrected chi connectivity index (χ4v) is 11.9. The zero-order chi connectivity index (χ0) is 77.4. The third-order valence-electron chi connectivity index (χ3n) is 16.5. The van der Waals surface area contributed by atoms with Gasteiger partial charge in [0.05, 0.1) is 26.4 Å². The van der Waals surface area contributed by atoms with Crippen LogP contribution < -0.4 is 0 Å². The lowest BCUT2D eigenvalue weighted by Crippen LogP contribution is -2.30. The summed E-state index contributed by atoms with van der Waals surface area (Å²) in [6.45, 7) is 4.48. The Hall–Kier alpha value is -5.32. The molecule has 0 rings (SSSR count). The highest BCUT2D eigenvalue weighted by atomic mass is 31.2. The molecule has 0 aromatic rings. The van der Waals surface area contributed by atoms with E-state index in [1.165, 1.54) is 70.6 Å². The standard InChI is InChI=1S/C87H144O17P2/c1-5-9-13-17-21-25-29-33-36-38-40-42-45-48-51-55-59-63-67-71-84(89)97-77-82(103-86(91)73-69-65-61-57-53-47-32-28-24-20-16-12-8-4)79-101-105(93,94)99-75-81(88)76-100-106(95,96)102-80-83(104-87(92)74-70-66-62-58-54-50-44-35-31-27-23-19-15-11-7-3)78-98-85(90)72-68-64-60-56-52-49-46-43-41-39-37-34-30-26-22-18-14-10-6-2/h9,11,13,15,21-23,25-27,33-37,40-44,48,51,54,58-59,63,81-83,88H,5-8,10,12,14,16-20,24,28-32,38-39,45-47,49-50,52-53,55-57,60-62,64-80H2,1-4H3,(H,93,94)(H,95,96)/b13-9-,15-11-,25-21-,26-22-,27-23-,36-33-,37-34-,42-40-,43-41-,44-35-,51-48-,58-54-,63-59-. The quantitative estimate of drug-likeness (QED) is 0.0169. The molecule has 0 aromatic carbocycles. The van der Waals surface area contributed by atoms with Crippen molar-refractivity contribution in [3.05, 3.63) is 158 Å². The number of hydrogen-bond acceptors (Lipinski definition) is 15. The minimum Gasteiger partial charge on any atom is -0.462 e. The highest BCUT2D eigenvalue weighted by Crippen LogP contribution is 2.45. The summed E-state index contributed by atoms with van der Waals surface area (Å²) in [6, 6.07) is 0. The topological polar surface area (TPSA) is 237 Å². The summed E-state index contributed by atoms with van der Waals surface area (Å²) in [5.74, 6) is -2.34. The number of carbonyl (C=O) groups excluding carboxylic acids is 4. The molecule has 106 heavy (non-hydrogen) atoms. The van der Waals surface area contributed by atoms with Crippen molar-refractivity contribution in [2.24, 2.45) is 0 Å². The molecule has 5 unspecified atom stereocenters. The lowest BCUT2D eigenvalue weighted by molar-refractivity contribution is -0.161. The zero-order valence-electron chi connectivity index (χ0n) is 66.1. The smallest absolute Gasteiger partial charge is 0.462 e. The third kappa shape index (κ3) is 76.9. The number of ether oxygens (including phenoxy) is 4. The molecule has 0 fully saturated rings. The highest BCUT2D eigenvalue weighted by molar-refractivity contribution is 7.47. The van der Waals surface area contributed by atoms with Crippen LogP contribution in [0.15, 0.2) is 158 Å². The highest BCUT2D eigenvalue weighted by Gasteiger charge is 2.30. The average molecular weight is 1520 g/mol. The molecule has 0 heterocycles. The predicted octanol–water partition coefficient (Wildman–Crippen LogP) is 24.0. The van der Waals surface area contributed by atoms with Crippen LogP contribution in [0.2, 0.25) is 0 Å². The second-order valence-corrected chi connectivity index (χ2v) is 29.5. The maximum Gasteiger partial charge on any atom is 0.472 e. The van der Waals surface area contributed by atoms with Crippen molar-refractivity contribution >= 4 is 39.5 Å². The van der Waals surface area contributed by atoms with Gasteiger partial charge in [0.2, 0.25) is 0 Å². The van der Waals surface area contributed by atoms with Gasteiger partial charge in [0, 0.05) is 25.7 Å². The largest absolute Gasteiger partial charge is 0.472 e. The SMILES string of the molecule is CC/C=C\C/C=C\C/C=C\C/C=C\C/C=C\C/C=C\CCC(=O)OCC(COP(=O)(O)OCC(O)COP(=O)(O)OCC(COC(=O)CCCCCCCC/C=C\C/C=C\C/C=C\CCCCC)OC(=O)CCCC/C=C\C/C=C\C/C=C\C/C=C\CC)OC(=O)CCCCCCCCCCCCCCC. The number of hydrogen-bond donors (Lipinski definition) is 3. The molecule has 5 atom stereocenters. The van der Waals surface area contributed by atoms with E-state index in [0.29, 0.717) is 38.5 Å². The van der Waals surface area contributed by atoms with Gasteiger partial charge in [-0.2, -0.15) is 0 Å². The van der Waals surface area contributed by atoms with Crippen LogP contribution in [0.3, 0.4) is 0 Å². The van der Waals surface area contributed by atoms with Crippen LogP contribution in [-0.2, 0) is 65.4 Å². The molecule has 0 aliphatic carbocycles. The summed E-state index contributed by atoms with van der Waals surface area (Å²) in [6.07, 6.45) is 90.9. The van der Waals surface area contributed by atoms with Crippen molar-refractivity contribution in [3.63, 3.8) is 0 Å². The Morgan fingerprint density at radius 1 is 0.274 bits per heavy atom. The van der Waals surface area contributed by atoms with Crippen LogP contribution in [0.1, 0.15) is 310 Å². The van der Waals surface area contributed by atoms with E-state index in [-0.39, 0.29) is 25.7 Å². The molecule has 0 amide bonds. The van der Waals surface area contributed by atoms with Gasteiger partial charge in [-0.15, -0.1) is 0 Å². The maximum atomic E-state index is 13.1. The van der Waals surface area contributed by atoms with Gasteiger partial charge in [0.25, 0.3) is 0 Å². The van der Waals surface area contributed by atoms with E-state index in [0.717, 1.165) is 148 Å². The van der Waals surface area contributed by atoms with Crippen LogP contribution >= 0.6 is 15.6 Å². The van der Waals surface area contributed by atoms with E-state index in [2.05, 4.69) is 167 Å². The zero-order valence-corrected chi connectivity index (χ0v) is 67.8. The summed E-state index contributed by atoms with van der Waals surface area (Å²) in [7, 11) is -10.0. The molecule has 604 valence electrons. The molecule has 19 heteroatoms. The van der Waals surface area contributed by atoms with Gasteiger partial charge in [-0.05, 0) is 141 Å². The van der Waals surface area contributed by atoms with Crippen molar-refractivity contribution in [2.45, 2.75) is 329 Å². The first-order valence-corrected chi connectivity index (χ1v) is 43.7. The third-order valence-corrected chi connectivity index (χ3v) is 18.4. The fourth-order valence-electron chi connectivity index (χ4n) is 10.4. The van der Waals surface area contributed by atoms with E-state index in [9.17, 15) is 43.2 Å². The van der Waals surface area contributed by atoms with Crippen molar-refractivity contribution in [1.29, 1.82) is 0 Å². The van der Waals surface area contributed by atoms with Gasteiger partial charge in [-0.3, -0.25) is 37.3 Å². The number of phosphoric acid groups is 2. The first-order valence-electron chi connectivity index (χ1n) is 40.7. The normalized spacial score (nSPS) is 14.7. The average Bonchev–Trinajstić information content (AvgIpc) is 0.901. The van der Waals surface area contributed by atoms with E-state index in [1.54, 1.807) is 0 Å². The van der Waals surface area contributed by atoms with E-state index in [4.69, 9.17) is 37.0 Å². The Labute approximate surface area is 642 Å². The van der Waals surface area contributed by atoms with Gasteiger partial charge in [0.1, 0.15) is 19.3 Å². The summed E-state index contributed by atoms with van der Waals surface area (Å²) >= 11 is 0. The van der Waals surface area contributed by atoms with E-state index >= 15 is 0 Å². The minimum absolute atomic E-state index is 0.0326. The molecule has 0 aliphatic rings. The molecule has 3 N–H and O–H groups in total. The first kappa shape index (κ1) is 101. The summed E-state index contributed by atoms with van der Waals surface area (Å²) in [5.41, 5.74) is 0. The van der Waals surface area contributed by atoms with Crippen LogP contribution in [0.4, 0.5) is 0 Å². The molecule has 0 spiro atoms. The number of aliphatic hydroxyl groups excluding tert-OH is 1. The lowest BCUT2D eigenvalue weighted by atomic mass is 10.0. The van der Waals surface area contributed by atoms with Crippen molar-refractivity contribution < 1.29 is 80.2 Å². The second kappa shape index (κ2) is 77.8. The number of esters is 4. The maximum absolute atomic E-state index is 13.1. The number of phosphoric ester groups is 2. The molecule has 0 saturated carbocycles. The van der Waals surface area contributed by atoms with Crippen LogP contribution in [0.5, 0.6) is 0 Å². The molecular formula is C87H144O17P2. The number of allylic oxidation sites excluding steroid dienone is 26. The van der Waals surface area contributed by atoms with Crippen LogP contribution in [-0.4, -0.2) is 96.7 Å². The van der Waals surface area contributed by atoms with E-state index < -0.39 is 97.5 Å². The number of unbranched alkanes of at least 4 members (excludes halogenated alkanes) is 23. The summed E-state index contributed by atoms with van der Waals surface area (Å²) in [5, 5.41) is 10.6. The Bertz CT molecular complexity index is 2630. The van der Waals surface area contributed by atoms with Crippen molar-refractivity contribution in [2.75, 3.05) is 39.6 Å². The number of aliphatic hydroxyl groups is 1. The Morgan fingerprint density at radius 3 is 0.849 bits per heavy atom. The number of carbonyl (C=O) groups is 4. The van der Waals surface area contributed by atoms with Gasteiger partial charge < -0.3 is 33.8 Å². The molecular weight excluding hydrogens is 1380 g/mol. The van der Waals surface area contributed by atoms with Gasteiger partial charge in [-0.1, -0.05) is 301 Å². The molecule has 0 aliphatic heterocycles. The fraction of sp³-hybridized carbons (Fsp3) is 0.655. The first-order chi connectivity index (χ1) is 51.7. The molecule has 0 radical (unpaired) electrons. The molecule has 17 nitrogen and oxygen atoms in total. The second-order valence-electron chi connectivity index (χ2n) is 26.6. The lowest BCUT2D eigenvalue weighted by Gasteiger charge is -2.21. The van der Waals surface area contributed by atoms with Gasteiger partial charge >= 0.3 is 39.5 Å². The Balaban J connectivity index is 5.45. The Kier molecular flexibility index (Phi) is 73.9. The van der Waals surface area contributed by atoms with Crippen molar-refractivity contribution in [3.8, 4) is 0 Å². The summed E-state index contributed by atoms with van der Waals surface area (Å²) < 4.78 is 68.5. The van der Waals surface area contributed by atoms with Crippen LogP contribution in [0, 0.1) is 0 Å². The Morgan fingerprint density at radius 2 is 0.509 bits per heavy atom. The van der Waals surface area contributed by atoms with Gasteiger partial charge in [-0.25, -0.2) is 9.13 Å². The minimum atomic E-state index is -5.00. The van der Waals surface area contributed by atoms with Gasteiger partial charge in [0.15, 0.2) is 12.2 Å². The molecule has 0 saturated heterocycles. The van der Waals surface area contributed by atoms with E-state index in [1.807, 2.05) is 18.2 Å². The molecule has 0 bridgehead atoms.